The van der Waals surface area contributed by atoms with Gasteiger partial charge in [-0.25, -0.2) is 14.2 Å². The van der Waals surface area contributed by atoms with Crippen molar-refractivity contribution < 1.29 is 42.9 Å². The maximum Gasteiger partial charge on any atom is 0.408 e. The molecule has 0 fully saturated rings. The molecule has 3 aromatic carbocycles. The molecule has 5 amide bonds. The minimum Gasteiger partial charge on any atom is -0.497 e. The maximum absolute atomic E-state index is 14.3. The molecule has 6 N–H and O–H groups in total. The first-order valence-corrected chi connectivity index (χ1v) is 22.2. The third-order valence-electron chi connectivity index (χ3n) is 10.3. The topological polar surface area (TPSA) is 202 Å². The van der Waals surface area contributed by atoms with Gasteiger partial charge in [0.1, 0.15) is 29.3 Å². The van der Waals surface area contributed by atoms with Crippen LogP contribution >= 0.6 is 0 Å². The molecule has 352 valence electrons. The summed E-state index contributed by atoms with van der Waals surface area (Å²) in [5.41, 5.74) is 2.23. The molecule has 4 atom stereocenters. The van der Waals surface area contributed by atoms with Gasteiger partial charge in [0.05, 0.1) is 37.7 Å². The minimum atomic E-state index is -1.26. The van der Waals surface area contributed by atoms with Gasteiger partial charge in [0, 0.05) is 45.1 Å². The Kier molecular flexibility index (Phi) is 20.4. The van der Waals surface area contributed by atoms with Crippen LogP contribution in [-0.4, -0.2) is 87.9 Å². The van der Waals surface area contributed by atoms with Crippen molar-refractivity contribution in [2.24, 2.45) is 5.92 Å². The van der Waals surface area contributed by atoms with Crippen molar-refractivity contribution in [2.45, 2.75) is 129 Å². The van der Waals surface area contributed by atoms with Crippen molar-refractivity contribution >= 4 is 29.7 Å². The molecule has 65 heavy (non-hydrogen) atoms. The number of amides is 5. The largest absolute Gasteiger partial charge is 0.497 e. The van der Waals surface area contributed by atoms with Gasteiger partial charge in [-0.15, -0.1) is 0 Å². The molecule has 4 rings (SSSR count). The molecule has 0 aliphatic heterocycles. The van der Waals surface area contributed by atoms with E-state index < -0.39 is 53.6 Å². The Labute approximate surface area is 381 Å². The van der Waals surface area contributed by atoms with Gasteiger partial charge < -0.3 is 45.7 Å². The number of ether oxygens (including phenoxy) is 2. The van der Waals surface area contributed by atoms with Gasteiger partial charge >= 0.3 is 6.09 Å². The van der Waals surface area contributed by atoms with E-state index in [1.165, 1.54) is 12.1 Å². The lowest BCUT2D eigenvalue weighted by Crippen LogP contribution is -2.57. The number of imidazole rings is 1. The quantitative estimate of drug-likeness (QED) is 0.0464. The van der Waals surface area contributed by atoms with Gasteiger partial charge in [0.2, 0.25) is 23.6 Å². The van der Waals surface area contributed by atoms with Crippen molar-refractivity contribution in [2.75, 3.05) is 13.7 Å². The van der Waals surface area contributed by atoms with E-state index in [0.29, 0.717) is 68.7 Å². The van der Waals surface area contributed by atoms with Gasteiger partial charge in [-0.1, -0.05) is 74.9 Å². The summed E-state index contributed by atoms with van der Waals surface area (Å²) >= 11 is 0. The average Bonchev–Trinajstić information content (AvgIpc) is 3.69. The lowest BCUT2D eigenvalue weighted by atomic mass is 9.96. The average molecular weight is 900 g/mol. The molecular weight excluding hydrogens is 834 g/mol. The Morgan fingerprint density at radius 3 is 2.09 bits per heavy atom. The van der Waals surface area contributed by atoms with Crippen molar-refractivity contribution in [1.82, 2.24) is 36.1 Å². The highest BCUT2D eigenvalue weighted by Crippen LogP contribution is 2.16. The summed E-state index contributed by atoms with van der Waals surface area (Å²) < 4.78 is 25.8. The number of nitrogens with zero attached hydrogens (tertiary/aromatic N) is 2. The van der Waals surface area contributed by atoms with E-state index >= 15 is 0 Å². The summed E-state index contributed by atoms with van der Waals surface area (Å²) in [6, 6.07) is 19.5. The number of hydrogen-bond acceptors (Lipinski definition) is 9. The number of halogens is 1. The number of carbonyl (C=O) groups is 5. The fraction of sp³-hybridized carbons (Fsp3) is 0.469. The monoisotopic (exact) mass is 899 g/mol. The number of hydrogen-bond donors (Lipinski definition) is 6. The van der Waals surface area contributed by atoms with Gasteiger partial charge in [-0.05, 0) is 86.9 Å². The molecule has 1 aromatic heterocycles. The standard InChI is InChI=1S/C49H66FN7O8/c1-33(2)25-40(43(58)28-45(60)51-24-12-8-11-15-44(59)52-29-35-16-20-37(50)21-17-35)54-47(62)42(27-38-31-57(32-53-38)30-36-13-9-7-10-14-36)55-46(61)41(56-48(63)65-49(3,4)5)26-34-18-22-39(64-6)23-19-34/h7,9-10,13-14,16-23,31-33,40-43,58H,8,11-12,15,24-30H2,1-6H3,(H,51,60)(H,52,59)(H,54,62)(H,55,61)(H,56,63)/t40-,41-,42-,43-/m0/s1. The van der Waals surface area contributed by atoms with Crippen LogP contribution in [0.5, 0.6) is 5.75 Å². The van der Waals surface area contributed by atoms with E-state index in [-0.39, 0.29) is 36.9 Å². The van der Waals surface area contributed by atoms with Crippen LogP contribution in [0.3, 0.4) is 0 Å². The number of alkyl carbamates (subject to hydrolysis) is 1. The molecule has 0 aliphatic carbocycles. The summed E-state index contributed by atoms with van der Waals surface area (Å²) in [5, 5.41) is 25.5. The maximum atomic E-state index is 14.3. The van der Waals surface area contributed by atoms with E-state index in [0.717, 1.165) is 11.1 Å². The van der Waals surface area contributed by atoms with Gasteiger partial charge in [-0.3, -0.25) is 19.2 Å². The Morgan fingerprint density at radius 1 is 0.769 bits per heavy atom. The van der Waals surface area contributed by atoms with Crippen LogP contribution < -0.4 is 31.3 Å². The zero-order chi connectivity index (χ0) is 47.4. The van der Waals surface area contributed by atoms with Crippen molar-refractivity contribution in [3.63, 3.8) is 0 Å². The number of benzene rings is 3. The molecular formula is C49H66FN7O8. The fourth-order valence-corrected chi connectivity index (χ4v) is 6.95. The number of unbranched alkanes of at least 4 members (excludes halogenated alkanes) is 2. The van der Waals surface area contributed by atoms with Crippen LogP contribution in [0.4, 0.5) is 9.18 Å². The molecule has 0 bridgehead atoms. The molecule has 0 radical (unpaired) electrons. The van der Waals surface area contributed by atoms with E-state index in [1.807, 2.05) is 48.7 Å². The first kappa shape index (κ1) is 51.3. The first-order chi connectivity index (χ1) is 31.0. The van der Waals surface area contributed by atoms with Crippen LogP contribution in [0.25, 0.3) is 0 Å². The van der Waals surface area contributed by atoms with Gasteiger partial charge in [0.15, 0.2) is 0 Å². The number of nitrogens with one attached hydrogen (secondary N) is 5. The van der Waals surface area contributed by atoms with E-state index in [9.17, 15) is 33.5 Å². The SMILES string of the molecule is COc1ccc(C[C@H](NC(=O)OC(C)(C)C)C(=O)N[C@@H](Cc2cn(Cc3ccccc3)cn2)C(=O)N[C@@H](CC(C)C)[C@@H](O)CC(=O)NCCCCCC(=O)NCc2ccc(F)cc2)cc1. The predicted molar refractivity (Wildman–Crippen MR) is 245 cm³/mol. The highest BCUT2D eigenvalue weighted by molar-refractivity contribution is 5.92. The third-order valence-corrected chi connectivity index (χ3v) is 10.3. The minimum absolute atomic E-state index is 0.0135. The second kappa shape index (κ2) is 25.9. The summed E-state index contributed by atoms with van der Waals surface area (Å²) in [7, 11) is 1.54. The number of carbonyl (C=O) groups excluding carboxylic acids is 5. The molecule has 0 aliphatic rings. The number of methoxy groups -OCH3 is 1. The molecule has 0 spiro atoms. The van der Waals surface area contributed by atoms with Crippen LogP contribution in [0, 0.1) is 11.7 Å². The Bertz CT molecular complexity index is 2110. The molecule has 15 nitrogen and oxygen atoms in total. The molecule has 4 aromatic rings. The highest BCUT2D eigenvalue weighted by Gasteiger charge is 2.32. The van der Waals surface area contributed by atoms with Gasteiger partial charge in [0.25, 0.3) is 0 Å². The number of aliphatic hydroxyl groups excluding tert-OH is 1. The molecule has 0 saturated carbocycles. The number of rotatable bonds is 25. The molecule has 0 unspecified atom stereocenters. The summed E-state index contributed by atoms with van der Waals surface area (Å²) in [5.74, 6) is -1.49. The molecule has 1 heterocycles. The normalized spacial score (nSPS) is 13.2. The lowest BCUT2D eigenvalue weighted by Gasteiger charge is -2.29. The highest BCUT2D eigenvalue weighted by atomic mass is 19.1. The first-order valence-electron chi connectivity index (χ1n) is 22.2. The second-order valence-electron chi connectivity index (χ2n) is 17.6. The predicted octanol–water partition coefficient (Wildman–Crippen LogP) is 5.52. The lowest BCUT2D eigenvalue weighted by molar-refractivity contribution is -0.131. The zero-order valence-corrected chi connectivity index (χ0v) is 38.4. The molecule has 16 heteroatoms. The van der Waals surface area contributed by atoms with Crippen molar-refractivity contribution in [1.29, 1.82) is 0 Å². The van der Waals surface area contributed by atoms with Gasteiger partial charge in [-0.2, -0.15) is 0 Å². The number of aromatic nitrogens is 2. The Hall–Kier alpha value is -6.29. The van der Waals surface area contributed by atoms with E-state index in [4.69, 9.17) is 9.47 Å². The third kappa shape index (κ3) is 19.6. The summed E-state index contributed by atoms with van der Waals surface area (Å²) in [4.78, 5) is 71.4. The Morgan fingerprint density at radius 2 is 1.43 bits per heavy atom. The Balaban J connectivity index is 1.41. The second-order valence-corrected chi connectivity index (χ2v) is 17.6. The fourth-order valence-electron chi connectivity index (χ4n) is 6.95. The van der Waals surface area contributed by atoms with Crippen molar-refractivity contribution in [3.8, 4) is 5.75 Å². The van der Waals surface area contributed by atoms with Crippen LogP contribution in [0.15, 0.2) is 91.4 Å². The van der Waals surface area contributed by atoms with E-state index in [1.54, 1.807) is 76.8 Å². The van der Waals surface area contributed by atoms with Crippen LogP contribution in [0.2, 0.25) is 0 Å². The number of aliphatic hydroxyl groups is 1. The zero-order valence-electron chi connectivity index (χ0n) is 38.4. The summed E-state index contributed by atoms with van der Waals surface area (Å²) in [6.45, 7) is 10.2. The van der Waals surface area contributed by atoms with Crippen LogP contribution in [-0.2, 0) is 49.8 Å². The smallest absolute Gasteiger partial charge is 0.408 e. The van der Waals surface area contributed by atoms with E-state index in [2.05, 4.69) is 31.6 Å². The molecule has 0 saturated heterocycles. The summed E-state index contributed by atoms with van der Waals surface area (Å²) in [6.07, 6.45) is 3.67. The van der Waals surface area contributed by atoms with Crippen molar-refractivity contribution in [3.05, 3.63) is 120 Å². The van der Waals surface area contributed by atoms with Crippen LogP contribution in [0.1, 0.15) is 95.5 Å².